The third kappa shape index (κ3) is 6.81. The molecule has 0 aliphatic carbocycles. The number of unbranched alkanes of at least 4 members (excludes halogenated alkanes) is 3. The Bertz CT molecular complexity index is 631. The molecular formula is C18H28ClNO3S. The van der Waals surface area contributed by atoms with Gasteiger partial charge in [-0.05, 0) is 31.9 Å². The van der Waals surface area contributed by atoms with Gasteiger partial charge < -0.3 is 5.32 Å². The highest BCUT2D eigenvalue weighted by atomic mass is 35.5. The minimum absolute atomic E-state index is 0.0137. The summed E-state index contributed by atoms with van der Waals surface area (Å²) in [7, 11) is -3.61. The first-order chi connectivity index (χ1) is 11.3. The topological polar surface area (TPSA) is 63.2 Å². The maximum absolute atomic E-state index is 12.5. The van der Waals surface area contributed by atoms with Crippen LogP contribution in [0.25, 0.3) is 0 Å². The van der Waals surface area contributed by atoms with Crippen molar-refractivity contribution in [1.29, 1.82) is 0 Å². The van der Waals surface area contributed by atoms with Crippen LogP contribution in [-0.2, 0) is 14.6 Å². The lowest BCUT2D eigenvalue weighted by Crippen LogP contribution is -2.37. The molecule has 0 heterocycles. The number of amides is 1. The van der Waals surface area contributed by atoms with Gasteiger partial charge in [0.05, 0.1) is 5.25 Å². The summed E-state index contributed by atoms with van der Waals surface area (Å²) in [6, 6.07) is 6.81. The summed E-state index contributed by atoms with van der Waals surface area (Å²) in [6.45, 7) is 5.63. The van der Waals surface area contributed by atoms with Crippen molar-refractivity contribution in [2.24, 2.45) is 0 Å². The highest BCUT2D eigenvalue weighted by Gasteiger charge is 2.27. The molecular weight excluding hydrogens is 346 g/mol. The second-order valence-electron chi connectivity index (χ2n) is 6.29. The number of rotatable bonds is 10. The Morgan fingerprint density at radius 3 is 2.46 bits per heavy atom. The third-order valence-electron chi connectivity index (χ3n) is 4.11. The van der Waals surface area contributed by atoms with Crippen LogP contribution in [0.15, 0.2) is 24.3 Å². The largest absolute Gasteiger partial charge is 0.353 e. The fraction of sp³-hybridized carbons (Fsp3) is 0.611. The maximum Gasteiger partial charge on any atom is 0.235 e. The highest BCUT2D eigenvalue weighted by Crippen LogP contribution is 2.28. The Morgan fingerprint density at radius 2 is 1.83 bits per heavy atom. The minimum Gasteiger partial charge on any atom is -0.353 e. The number of benzene rings is 1. The van der Waals surface area contributed by atoms with E-state index in [1.165, 1.54) is 12.8 Å². The third-order valence-corrected chi connectivity index (χ3v) is 6.45. The van der Waals surface area contributed by atoms with Crippen LogP contribution in [0.5, 0.6) is 0 Å². The van der Waals surface area contributed by atoms with E-state index < -0.39 is 26.7 Å². The molecule has 136 valence electrons. The van der Waals surface area contributed by atoms with Crippen molar-refractivity contribution in [2.75, 3.05) is 5.75 Å². The van der Waals surface area contributed by atoms with E-state index in [1.54, 1.807) is 31.2 Å². The highest BCUT2D eigenvalue weighted by molar-refractivity contribution is 7.92. The van der Waals surface area contributed by atoms with Gasteiger partial charge in [-0.15, -0.1) is 0 Å². The second-order valence-corrected chi connectivity index (χ2v) is 9.02. The number of carbonyl (C=O) groups excluding carboxylic acids is 1. The summed E-state index contributed by atoms with van der Waals surface area (Å²) in [6.07, 6.45) is 5.39. The molecule has 0 saturated carbocycles. The van der Waals surface area contributed by atoms with Gasteiger partial charge in [0.25, 0.3) is 0 Å². The van der Waals surface area contributed by atoms with Crippen molar-refractivity contribution in [3.63, 3.8) is 0 Å². The van der Waals surface area contributed by atoms with E-state index >= 15 is 0 Å². The molecule has 6 heteroatoms. The fourth-order valence-corrected chi connectivity index (χ4v) is 4.23. The SMILES string of the molecule is CCCCCCC(C)NC(=O)CS(=O)(=O)C(C)c1ccccc1Cl. The van der Waals surface area contributed by atoms with Gasteiger partial charge in [-0.3, -0.25) is 4.79 Å². The normalized spacial score (nSPS) is 14.2. The van der Waals surface area contributed by atoms with Crippen molar-refractivity contribution in [2.45, 2.75) is 64.2 Å². The summed E-state index contributed by atoms with van der Waals surface area (Å²) in [5, 5.41) is 2.38. The Balaban J connectivity index is 2.57. The van der Waals surface area contributed by atoms with Gasteiger partial charge in [0.1, 0.15) is 5.75 Å². The average molecular weight is 374 g/mol. The Labute approximate surface area is 150 Å². The van der Waals surface area contributed by atoms with Crippen LogP contribution in [0.1, 0.15) is 63.7 Å². The van der Waals surface area contributed by atoms with Gasteiger partial charge in [-0.25, -0.2) is 8.42 Å². The summed E-state index contributed by atoms with van der Waals surface area (Å²) in [5.41, 5.74) is 0.527. The first-order valence-corrected chi connectivity index (χ1v) is 10.6. The van der Waals surface area contributed by atoms with Crippen LogP contribution < -0.4 is 5.32 Å². The lowest BCUT2D eigenvalue weighted by Gasteiger charge is -2.17. The van der Waals surface area contributed by atoms with Crippen molar-refractivity contribution in [3.8, 4) is 0 Å². The van der Waals surface area contributed by atoms with E-state index in [9.17, 15) is 13.2 Å². The molecule has 0 bridgehead atoms. The van der Waals surface area contributed by atoms with Crippen molar-refractivity contribution in [1.82, 2.24) is 5.32 Å². The molecule has 0 radical (unpaired) electrons. The van der Waals surface area contributed by atoms with E-state index in [1.807, 2.05) is 6.92 Å². The van der Waals surface area contributed by atoms with Crippen LogP contribution in [-0.4, -0.2) is 26.1 Å². The van der Waals surface area contributed by atoms with Gasteiger partial charge in [-0.1, -0.05) is 62.4 Å². The number of sulfone groups is 1. The number of hydrogen-bond acceptors (Lipinski definition) is 3. The predicted octanol–water partition coefficient (Wildman–Crippen LogP) is 4.29. The first-order valence-electron chi connectivity index (χ1n) is 8.53. The molecule has 2 atom stereocenters. The molecule has 1 rings (SSSR count). The van der Waals surface area contributed by atoms with Crippen molar-refractivity contribution >= 4 is 27.3 Å². The van der Waals surface area contributed by atoms with Crippen molar-refractivity contribution in [3.05, 3.63) is 34.9 Å². The predicted molar refractivity (Wildman–Crippen MR) is 100 cm³/mol. The molecule has 0 aromatic heterocycles. The van der Waals surface area contributed by atoms with E-state index in [4.69, 9.17) is 11.6 Å². The van der Waals surface area contributed by atoms with Gasteiger partial charge >= 0.3 is 0 Å². The second kappa shape index (κ2) is 10.0. The quantitative estimate of drug-likeness (QED) is 0.622. The lowest BCUT2D eigenvalue weighted by atomic mass is 10.1. The smallest absolute Gasteiger partial charge is 0.235 e. The lowest BCUT2D eigenvalue weighted by molar-refractivity contribution is -0.119. The van der Waals surface area contributed by atoms with E-state index in [0.29, 0.717) is 10.6 Å². The monoisotopic (exact) mass is 373 g/mol. The van der Waals surface area contributed by atoms with Gasteiger partial charge in [0, 0.05) is 11.1 Å². The Kier molecular flexibility index (Phi) is 8.78. The van der Waals surface area contributed by atoms with Crippen molar-refractivity contribution < 1.29 is 13.2 Å². The fourth-order valence-electron chi connectivity index (χ4n) is 2.57. The number of carbonyl (C=O) groups is 1. The molecule has 1 aromatic carbocycles. The number of hydrogen-bond donors (Lipinski definition) is 1. The standard InChI is InChI=1S/C18H28ClNO3S/c1-4-5-6-7-10-14(2)20-18(21)13-24(22,23)15(3)16-11-8-9-12-17(16)19/h8-9,11-12,14-15H,4-7,10,13H2,1-3H3,(H,20,21). The molecule has 0 fully saturated rings. The molecule has 2 unspecified atom stereocenters. The van der Waals surface area contributed by atoms with Crippen LogP contribution >= 0.6 is 11.6 Å². The molecule has 0 spiro atoms. The van der Waals surface area contributed by atoms with Crippen LogP contribution in [0.3, 0.4) is 0 Å². The number of halogens is 1. The summed E-state index contributed by atoms with van der Waals surface area (Å²) >= 11 is 6.06. The molecule has 0 aliphatic rings. The van der Waals surface area contributed by atoms with Crippen LogP contribution in [0, 0.1) is 0 Å². The summed E-state index contributed by atoms with van der Waals surface area (Å²) < 4.78 is 24.9. The zero-order valence-electron chi connectivity index (χ0n) is 14.7. The molecule has 1 aromatic rings. The summed E-state index contributed by atoms with van der Waals surface area (Å²) in [5.74, 6) is -0.963. The summed E-state index contributed by atoms with van der Waals surface area (Å²) in [4.78, 5) is 12.1. The number of nitrogens with one attached hydrogen (secondary N) is 1. The van der Waals surface area contributed by atoms with Gasteiger partial charge in [0.15, 0.2) is 9.84 Å². The Hall–Kier alpha value is -1.07. The first kappa shape index (κ1) is 21.0. The zero-order chi connectivity index (χ0) is 18.2. The van der Waals surface area contributed by atoms with Crippen LogP contribution in [0.2, 0.25) is 5.02 Å². The zero-order valence-corrected chi connectivity index (χ0v) is 16.3. The average Bonchev–Trinajstić information content (AvgIpc) is 2.50. The van der Waals surface area contributed by atoms with E-state index in [-0.39, 0.29) is 6.04 Å². The van der Waals surface area contributed by atoms with E-state index in [2.05, 4.69) is 12.2 Å². The molecule has 1 N–H and O–H groups in total. The van der Waals surface area contributed by atoms with E-state index in [0.717, 1.165) is 19.3 Å². The van der Waals surface area contributed by atoms with Crippen LogP contribution in [0.4, 0.5) is 0 Å². The Morgan fingerprint density at radius 1 is 1.17 bits per heavy atom. The minimum atomic E-state index is -3.61. The molecule has 24 heavy (non-hydrogen) atoms. The molecule has 4 nitrogen and oxygen atoms in total. The molecule has 0 aliphatic heterocycles. The molecule has 0 saturated heterocycles. The maximum atomic E-state index is 12.5. The van der Waals surface area contributed by atoms with Gasteiger partial charge in [0.2, 0.25) is 5.91 Å². The molecule has 1 amide bonds. The van der Waals surface area contributed by atoms with Gasteiger partial charge in [-0.2, -0.15) is 0 Å².